The molecule has 0 spiro atoms. The molecule has 0 bridgehead atoms. The first-order chi connectivity index (χ1) is 31.4. The molecule has 3 fully saturated rings. The van der Waals surface area contributed by atoms with E-state index in [0.717, 1.165) is 98.4 Å². The molecule has 3 saturated heterocycles. The number of aromatic nitrogens is 7. The van der Waals surface area contributed by atoms with Crippen molar-refractivity contribution in [3.05, 3.63) is 133 Å². The number of hydrogen-bond donors (Lipinski definition) is 0. The van der Waals surface area contributed by atoms with Gasteiger partial charge in [-0.25, -0.2) is 32.5 Å². The monoisotopic (exact) mass is 1020 g/mol. The van der Waals surface area contributed by atoms with Crippen molar-refractivity contribution in [2.75, 3.05) is 39.6 Å². The Hall–Kier alpha value is -4.88. The van der Waals surface area contributed by atoms with Crippen LogP contribution in [0.1, 0.15) is 129 Å². The van der Waals surface area contributed by atoms with Crippen molar-refractivity contribution in [2.24, 2.45) is 0 Å². The fraction of sp³-hybridized carbons (Fsp3) is 0.404. The van der Waals surface area contributed by atoms with E-state index in [1.807, 2.05) is 29.2 Å². The summed E-state index contributed by atoms with van der Waals surface area (Å²) in [6, 6.07) is 9.77. The third-order valence-corrected chi connectivity index (χ3v) is 13.3. The number of alkyl halides is 4. The number of nitrogens with zero attached hydrogens (tertiary/aromatic N) is 7. The highest BCUT2D eigenvalue weighted by Gasteiger charge is 2.24. The summed E-state index contributed by atoms with van der Waals surface area (Å²) >= 11 is 6.56. The normalized spacial score (nSPS) is 16.5. The van der Waals surface area contributed by atoms with Gasteiger partial charge >= 0.3 is 0 Å². The van der Waals surface area contributed by atoms with E-state index in [1.165, 1.54) is 12.1 Å². The Kier molecular flexibility index (Phi) is 15.2. The molecule has 0 saturated carbocycles. The minimum absolute atomic E-state index is 0.0170. The lowest BCUT2D eigenvalue weighted by atomic mass is 9.97. The Morgan fingerprint density at radius 3 is 1.55 bits per heavy atom. The molecule has 0 amide bonds. The van der Waals surface area contributed by atoms with Crippen LogP contribution in [0.25, 0.3) is 16.9 Å². The third-order valence-electron chi connectivity index (χ3n) is 12.0. The number of aldehydes is 1. The van der Waals surface area contributed by atoms with Crippen molar-refractivity contribution in [1.82, 2.24) is 33.1 Å². The van der Waals surface area contributed by atoms with Crippen LogP contribution in [0, 0.1) is 6.92 Å². The first-order valence-corrected chi connectivity index (χ1v) is 23.1. The van der Waals surface area contributed by atoms with Crippen LogP contribution in [0.4, 0.5) is 17.6 Å². The first-order valence-electron chi connectivity index (χ1n) is 21.5. The summed E-state index contributed by atoms with van der Waals surface area (Å²) in [7, 11) is 0. The van der Waals surface area contributed by atoms with Gasteiger partial charge in [0.2, 0.25) is 0 Å². The maximum absolute atomic E-state index is 13.7. The lowest BCUT2D eigenvalue weighted by Gasteiger charge is -2.19. The molecule has 18 heteroatoms. The number of fused-ring (bicyclic) bond motifs is 3. The maximum Gasteiger partial charge on any atom is 0.265 e. The molecule has 0 N–H and O–H groups in total. The zero-order valence-corrected chi connectivity index (χ0v) is 38.7. The van der Waals surface area contributed by atoms with Crippen LogP contribution >= 0.6 is 31.9 Å². The average molecular weight is 1030 g/mol. The zero-order valence-electron chi connectivity index (χ0n) is 35.5. The summed E-state index contributed by atoms with van der Waals surface area (Å²) in [4.78, 5) is 41.3. The molecular weight excluding hydrogens is 978 g/mol. The summed E-state index contributed by atoms with van der Waals surface area (Å²) in [5.41, 5.74) is 6.55. The molecule has 0 unspecified atom stereocenters. The highest BCUT2D eigenvalue weighted by Crippen LogP contribution is 2.33. The number of carbonyl (C=O) groups excluding carboxylic acids is 2. The average Bonchev–Trinajstić information content (AvgIpc) is 4.06. The molecule has 342 valence electrons. The van der Waals surface area contributed by atoms with E-state index in [2.05, 4.69) is 51.8 Å². The van der Waals surface area contributed by atoms with Crippen LogP contribution in [-0.4, -0.2) is 84.8 Å². The highest BCUT2D eigenvalue weighted by atomic mass is 79.9. The number of carbonyl (C=O) groups is 2. The molecule has 0 aliphatic carbocycles. The van der Waals surface area contributed by atoms with Crippen molar-refractivity contribution >= 4 is 60.9 Å². The molecular formula is C47H47Br2F4N7O5. The van der Waals surface area contributed by atoms with Gasteiger partial charge in [0.15, 0.2) is 12.1 Å². The van der Waals surface area contributed by atoms with Gasteiger partial charge in [0.05, 0.1) is 17.1 Å². The molecule has 65 heavy (non-hydrogen) atoms. The Morgan fingerprint density at radius 1 is 0.646 bits per heavy atom. The number of aryl methyl sites for hydroxylation is 1. The summed E-state index contributed by atoms with van der Waals surface area (Å²) in [6.07, 6.45) is 12.2. The first kappa shape index (κ1) is 46.6. The standard InChI is InChI=1S/C21H21F2N3O2.C13H13BrF2N2O.C13H13BrN2O2/c1-13-3-2-4-17(24-13)19(27)9-15-11-26-12-18(14-5-7-28-8-6-14)25-20(26)10-16(15)21(22)23;14-10-6-18-7-11(8-1-3-19-4-2-8)17-12(18)5-9(10)13(15)16;14-11-6-16-7-12(9-1-3-18-4-2-9)15-13(16)5-10(11)8-17/h2-4,10-12,14,21H,5-9H2,1H3;5-8,13H,1-4H2;5-9H,1-4H2. The zero-order chi connectivity index (χ0) is 45.6. The van der Waals surface area contributed by atoms with Crippen molar-refractivity contribution < 1.29 is 41.4 Å². The SMILES string of the molecule is Cc1cccc(C(=O)Cc2cn3cc(C4CCOCC4)nc3cc2C(F)F)n1.FC(F)c1cc2nc(C3CCOCC3)cn2cc1Br.O=Cc1cc2nc(C3CCOCC3)cn2cc1Br. The quantitative estimate of drug-likeness (QED) is 0.0789. The summed E-state index contributed by atoms with van der Waals surface area (Å²) in [5.74, 6) is 0.819. The summed E-state index contributed by atoms with van der Waals surface area (Å²) in [5, 5.41) is 0. The summed E-state index contributed by atoms with van der Waals surface area (Å²) in [6.45, 7) is 6.25. The summed E-state index contributed by atoms with van der Waals surface area (Å²) < 4.78 is 75.7. The van der Waals surface area contributed by atoms with Gasteiger partial charge in [0, 0.05) is 132 Å². The molecule has 3 aliphatic rings. The van der Waals surface area contributed by atoms with Gasteiger partial charge in [0.25, 0.3) is 12.9 Å². The molecule has 10 heterocycles. The Labute approximate surface area is 389 Å². The van der Waals surface area contributed by atoms with Crippen LogP contribution in [0.2, 0.25) is 0 Å². The smallest absolute Gasteiger partial charge is 0.265 e. The van der Waals surface area contributed by atoms with E-state index in [-0.39, 0.29) is 34.9 Å². The number of rotatable bonds is 9. The number of imidazole rings is 3. The lowest BCUT2D eigenvalue weighted by Crippen LogP contribution is -2.14. The highest BCUT2D eigenvalue weighted by molar-refractivity contribution is 9.10. The number of ketones is 1. The van der Waals surface area contributed by atoms with Crippen molar-refractivity contribution in [1.29, 1.82) is 0 Å². The van der Waals surface area contributed by atoms with E-state index in [9.17, 15) is 27.2 Å². The van der Waals surface area contributed by atoms with Gasteiger partial charge in [-0.2, -0.15) is 0 Å². The van der Waals surface area contributed by atoms with Gasteiger partial charge in [-0.3, -0.25) is 14.6 Å². The van der Waals surface area contributed by atoms with Gasteiger partial charge in [0.1, 0.15) is 22.6 Å². The van der Waals surface area contributed by atoms with E-state index in [4.69, 9.17) is 14.2 Å². The topological polar surface area (TPSA) is 127 Å². The van der Waals surface area contributed by atoms with Gasteiger partial charge in [-0.15, -0.1) is 0 Å². The van der Waals surface area contributed by atoms with E-state index < -0.39 is 12.9 Å². The molecule has 0 radical (unpaired) electrons. The molecule has 3 aliphatic heterocycles. The van der Waals surface area contributed by atoms with Gasteiger partial charge in [-0.05, 0) is 113 Å². The largest absolute Gasteiger partial charge is 0.381 e. The predicted octanol–water partition coefficient (Wildman–Crippen LogP) is 11.0. The van der Waals surface area contributed by atoms with Crippen LogP contribution in [0.15, 0.2) is 82.5 Å². The van der Waals surface area contributed by atoms with Gasteiger partial charge in [-0.1, -0.05) is 6.07 Å². The van der Waals surface area contributed by atoms with Crippen molar-refractivity contribution in [3.8, 4) is 0 Å². The van der Waals surface area contributed by atoms with Crippen LogP contribution in [-0.2, 0) is 20.6 Å². The van der Waals surface area contributed by atoms with Crippen LogP contribution in [0.3, 0.4) is 0 Å². The third kappa shape index (κ3) is 11.2. The van der Waals surface area contributed by atoms with Crippen LogP contribution < -0.4 is 0 Å². The number of ether oxygens (including phenoxy) is 3. The van der Waals surface area contributed by atoms with Crippen molar-refractivity contribution in [2.45, 2.75) is 82.5 Å². The minimum atomic E-state index is -2.68. The second-order valence-corrected chi connectivity index (χ2v) is 18.1. The number of halogens is 6. The van der Waals surface area contributed by atoms with E-state index in [1.54, 1.807) is 52.4 Å². The molecule has 7 aromatic rings. The Morgan fingerprint density at radius 2 is 1.09 bits per heavy atom. The second kappa shape index (κ2) is 21.2. The van der Waals surface area contributed by atoms with Crippen molar-refractivity contribution in [3.63, 3.8) is 0 Å². The molecule has 7 aromatic heterocycles. The van der Waals surface area contributed by atoms with E-state index >= 15 is 0 Å². The second-order valence-electron chi connectivity index (χ2n) is 16.3. The molecule has 0 aromatic carbocycles. The number of hydrogen-bond acceptors (Lipinski definition) is 9. The maximum atomic E-state index is 13.7. The molecule has 0 atom stereocenters. The lowest BCUT2D eigenvalue weighted by molar-refractivity contribution is 0.0845. The molecule has 12 nitrogen and oxygen atoms in total. The molecule has 10 rings (SSSR count). The number of Topliss-reactive ketones (excluding diaryl/α,β-unsaturated/α-hetero) is 1. The van der Waals surface area contributed by atoms with E-state index in [0.29, 0.717) is 57.6 Å². The predicted molar refractivity (Wildman–Crippen MR) is 242 cm³/mol. The van der Waals surface area contributed by atoms with Gasteiger partial charge < -0.3 is 27.4 Å². The number of pyridine rings is 4. The Balaban J connectivity index is 0.000000138. The Bertz CT molecular complexity index is 2780. The minimum Gasteiger partial charge on any atom is -0.381 e. The van der Waals surface area contributed by atoms with Crippen LogP contribution in [0.5, 0.6) is 0 Å². The fourth-order valence-corrected chi connectivity index (χ4v) is 9.27. The fourth-order valence-electron chi connectivity index (χ4n) is 8.34.